The minimum atomic E-state index is -1.05. The molecule has 1 amide bonds. The largest absolute Gasteiger partial charge is 0.467 e. The fourth-order valence-corrected chi connectivity index (χ4v) is 1.86. The Bertz CT molecular complexity index is 719. The van der Waals surface area contributed by atoms with Crippen LogP contribution in [0.3, 0.4) is 0 Å². The second kappa shape index (κ2) is 6.77. The zero-order valence-corrected chi connectivity index (χ0v) is 12.5. The normalized spacial score (nSPS) is 11.7. The number of carbonyl (C=O) groups excluding carboxylic acids is 2. The Morgan fingerprint density at radius 3 is 2.83 bits per heavy atom. The number of carbonyl (C=O) groups is 2. The number of hydrogen-bond acceptors (Lipinski definition) is 6. The molecule has 0 spiro atoms. The molecule has 9 heteroatoms. The van der Waals surface area contributed by atoms with Gasteiger partial charge in [0.2, 0.25) is 0 Å². The highest BCUT2D eigenvalue weighted by molar-refractivity contribution is 5.91. The van der Waals surface area contributed by atoms with Crippen LogP contribution in [0.5, 0.6) is 0 Å². The maximum absolute atomic E-state index is 12.0. The number of rotatable bonds is 6. The lowest BCUT2D eigenvalue weighted by atomic mass is 10.3. The third-order valence-electron chi connectivity index (χ3n) is 3.08. The van der Waals surface area contributed by atoms with Crippen LogP contribution in [0.2, 0.25) is 0 Å². The number of nitrogens with one attached hydrogen (secondary N) is 1. The zero-order chi connectivity index (χ0) is 17.0. The zero-order valence-electron chi connectivity index (χ0n) is 12.5. The fraction of sp³-hybridized carbons (Fsp3) is 0.286. The van der Waals surface area contributed by atoms with Gasteiger partial charge in [-0.2, -0.15) is 0 Å². The second-order valence-electron chi connectivity index (χ2n) is 4.80. The summed E-state index contributed by atoms with van der Waals surface area (Å²) in [4.78, 5) is 33.9. The van der Waals surface area contributed by atoms with Crippen molar-refractivity contribution < 1.29 is 23.7 Å². The first-order valence-corrected chi connectivity index (χ1v) is 6.70. The summed E-state index contributed by atoms with van der Waals surface area (Å²) in [7, 11) is 1.48. The van der Waals surface area contributed by atoms with Gasteiger partial charge in [0.15, 0.2) is 6.10 Å². The third-order valence-corrected chi connectivity index (χ3v) is 3.08. The van der Waals surface area contributed by atoms with Gasteiger partial charge >= 0.3 is 5.97 Å². The predicted octanol–water partition coefficient (Wildman–Crippen LogP) is 1.39. The van der Waals surface area contributed by atoms with Gasteiger partial charge in [0.05, 0.1) is 23.9 Å². The SMILES string of the molecule is CC(OC(=O)c1cc([N+](=O)[O-])cn1C)C(=O)NCc1ccco1. The van der Waals surface area contributed by atoms with E-state index in [1.807, 2.05) is 0 Å². The van der Waals surface area contributed by atoms with Crippen LogP contribution in [-0.4, -0.2) is 27.5 Å². The molecule has 0 aliphatic heterocycles. The van der Waals surface area contributed by atoms with Crippen molar-refractivity contribution in [1.82, 2.24) is 9.88 Å². The van der Waals surface area contributed by atoms with Crippen molar-refractivity contribution in [2.75, 3.05) is 0 Å². The van der Waals surface area contributed by atoms with Crippen LogP contribution in [0, 0.1) is 10.1 Å². The predicted molar refractivity (Wildman–Crippen MR) is 77.5 cm³/mol. The lowest BCUT2D eigenvalue weighted by Gasteiger charge is -2.13. The van der Waals surface area contributed by atoms with Gasteiger partial charge in [0.25, 0.3) is 11.6 Å². The molecule has 0 aromatic carbocycles. The average molecular weight is 321 g/mol. The highest BCUT2D eigenvalue weighted by Crippen LogP contribution is 2.16. The average Bonchev–Trinajstić information content (AvgIpc) is 3.13. The van der Waals surface area contributed by atoms with Crippen molar-refractivity contribution >= 4 is 17.6 Å². The molecule has 2 heterocycles. The molecule has 9 nitrogen and oxygen atoms in total. The molecule has 1 atom stereocenters. The number of nitrogens with zero attached hydrogens (tertiary/aromatic N) is 2. The van der Waals surface area contributed by atoms with E-state index in [4.69, 9.17) is 9.15 Å². The quantitative estimate of drug-likeness (QED) is 0.488. The summed E-state index contributed by atoms with van der Waals surface area (Å²) in [6, 6.07) is 4.48. The molecule has 2 aromatic heterocycles. The number of ether oxygens (including phenoxy) is 1. The topological polar surface area (TPSA) is 117 Å². The van der Waals surface area contributed by atoms with E-state index >= 15 is 0 Å². The fourth-order valence-electron chi connectivity index (χ4n) is 1.86. The third kappa shape index (κ3) is 3.96. The molecule has 2 aromatic rings. The van der Waals surface area contributed by atoms with E-state index in [1.165, 1.54) is 31.0 Å². The molecule has 0 radical (unpaired) electrons. The van der Waals surface area contributed by atoms with Crippen LogP contribution >= 0.6 is 0 Å². The summed E-state index contributed by atoms with van der Waals surface area (Å²) in [6.07, 6.45) is 1.62. The molecule has 122 valence electrons. The van der Waals surface area contributed by atoms with E-state index in [0.29, 0.717) is 5.76 Å². The van der Waals surface area contributed by atoms with E-state index < -0.39 is 22.9 Å². The van der Waals surface area contributed by atoms with Gasteiger partial charge in [0, 0.05) is 13.1 Å². The molecule has 2 rings (SSSR count). The summed E-state index contributed by atoms with van der Waals surface area (Å²) in [5.41, 5.74) is -0.239. The van der Waals surface area contributed by atoms with E-state index in [-0.39, 0.29) is 17.9 Å². The Labute approximate surface area is 131 Å². The van der Waals surface area contributed by atoms with Crippen LogP contribution in [-0.2, 0) is 23.1 Å². The molecule has 23 heavy (non-hydrogen) atoms. The first-order valence-electron chi connectivity index (χ1n) is 6.70. The molecule has 0 saturated heterocycles. The molecule has 1 N–H and O–H groups in total. The maximum Gasteiger partial charge on any atom is 0.355 e. The smallest absolute Gasteiger partial charge is 0.355 e. The van der Waals surface area contributed by atoms with Crippen LogP contribution < -0.4 is 5.32 Å². The molecular weight excluding hydrogens is 306 g/mol. The summed E-state index contributed by atoms with van der Waals surface area (Å²) < 4.78 is 11.4. The van der Waals surface area contributed by atoms with E-state index in [0.717, 1.165) is 6.07 Å². The number of esters is 1. The summed E-state index contributed by atoms with van der Waals surface area (Å²) in [5, 5.41) is 13.2. The molecule has 0 aliphatic rings. The van der Waals surface area contributed by atoms with Gasteiger partial charge in [0.1, 0.15) is 11.5 Å². The highest BCUT2D eigenvalue weighted by atomic mass is 16.6. The standard InChI is InChI=1S/C14H15N3O6/c1-9(13(18)15-7-11-4-3-5-22-11)23-14(19)12-6-10(17(20)21)8-16(12)2/h3-6,8-9H,7H2,1-2H3,(H,15,18). The number of nitro groups is 1. The van der Waals surface area contributed by atoms with Gasteiger partial charge in [-0.3, -0.25) is 14.9 Å². The lowest BCUT2D eigenvalue weighted by molar-refractivity contribution is -0.384. The van der Waals surface area contributed by atoms with Crippen LogP contribution in [0.15, 0.2) is 35.1 Å². The lowest BCUT2D eigenvalue weighted by Crippen LogP contribution is -2.35. The van der Waals surface area contributed by atoms with E-state index in [1.54, 1.807) is 12.1 Å². The van der Waals surface area contributed by atoms with Crippen molar-refractivity contribution in [2.45, 2.75) is 19.6 Å². The summed E-state index contributed by atoms with van der Waals surface area (Å²) in [5.74, 6) is -0.755. The summed E-state index contributed by atoms with van der Waals surface area (Å²) in [6.45, 7) is 1.58. The number of hydrogen-bond donors (Lipinski definition) is 1. The maximum atomic E-state index is 12.0. The Morgan fingerprint density at radius 2 is 2.26 bits per heavy atom. The Morgan fingerprint density at radius 1 is 1.52 bits per heavy atom. The number of furan rings is 1. The first kappa shape index (κ1) is 16.3. The second-order valence-corrected chi connectivity index (χ2v) is 4.80. The number of amides is 1. The Kier molecular flexibility index (Phi) is 4.79. The minimum absolute atomic E-state index is 0.0117. The van der Waals surface area contributed by atoms with Gasteiger partial charge in [-0.05, 0) is 19.1 Å². The van der Waals surface area contributed by atoms with Gasteiger partial charge in [-0.15, -0.1) is 0 Å². The molecule has 1 unspecified atom stereocenters. The van der Waals surface area contributed by atoms with Gasteiger partial charge in [-0.25, -0.2) is 4.79 Å². The van der Waals surface area contributed by atoms with Crippen LogP contribution in [0.4, 0.5) is 5.69 Å². The van der Waals surface area contributed by atoms with Crippen LogP contribution in [0.1, 0.15) is 23.2 Å². The molecule has 0 saturated carbocycles. The number of aryl methyl sites for hydroxylation is 1. The van der Waals surface area contributed by atoms with Gasteiger partial charge < -0.3 is 19.0 Å². The Hall–Kier alpha value is -3.10. The molecule has 0 bridgehead atoms. The summed E-state index contributed by atoms with van der Waals surface area (Å²) >= 11 is 0. The van der Waals surface area contributed by atoms with E-state index in [2.05, 4.69) is 5.32 Å². The first-order chi connectivity index (χ1) is 10.9. The molecular formula is C14H15N3O6. The van der Waals surface area contributed by atoms with Gasteiger partial charge in [-0.1, -0.05) is 0 Å². The van der Waals surface area contributed by atoms with Crippen molar-refractivity contribution in [3.05, 3.63) is 52.2 Å². The molecule has 0 fully saturated rings. The van der Waals surface area contributed by atoms with Crippen molar-refractivity contribution in [3.8, 4) is 0 Å². The number of aromatic nitrogens is 1. The van der Waals surface area contributed by atoms with Crippen molar-refractivity contribution in [1.29, 1.82) is 0 Å². The Balaban J connectivity index is 1.93. The highest BCUT2D eigenvalue weighted by Gasteiger charge is 2.23. The van der Waals surface area contributed by atoms with Crippen molar-refractivity contribution in [3.63, 3.8) is 0 Å². The molecule has 0 aliphatic carbocycles. The minimum Gasteiger partial charge on any atom is -0.467 e. The van der Waals surface area contributed by atoms with E-state index in [9.17, 15) is 19.7 Å². The van der Waals surface area contributed by atoms with Crippen LogP contribution in [0.25, 0.3) is 0 Å². The monoisotopic (exact) mass is 321 g/mol. The van der Waals surface area contributed by atoms with Crippen molar-refractivity contribution in [2.24, 2.45) is 7.05 Å².